The summed E-state index contributed by atoms with van der Waals surface area (Å²) in [5, 5.41) is 23.7. The smallest absolute Gasteiger partial charge is 0.306 e. The van der Waals surface area contributed by atoms with Gasteiger partial charge in [-0.3, -0.25) is 4.57 Å². The van der Waals surface area contributed by atoms with E-state index in [1.54, 1.807) is 4.57 Å². The number of nitriles is 2. The van der Waals surface area contributed by atoms with Crippen molar-refractivity contribution < 1.29 is 13.2 Å². The summed E-state index contributed by atoms with van der Waals surface area (Å²) in [5.41, 5.74) is 2.83. The lowest BCUT2D eigenvalue weighted by Gasteiger charge is -2.15. The first-order chi connectivity index (χ1) is 25.4. The van der Waals surface area contributed by atoms with E-state index in [0.29, 0.717) is 34.1 Å². The fourth-order valence-corrected chi connectivity index (χ4v) is 7.06. The normalized spacial score (nSPS) is 11.7. The minimum absolute atomic E-state index is 0.0754. The third kappa shape index (κ3) is 4.70. The van der Waals surface area contributed by atoms with Crippen LogP contribution >= 0.6 is 0 Å². The van der Waals surface area contributed by atoms with Crippen LogP contribution in [-0.2, 0) is 6.18 Å². The van der Waals surface area contributed by atoms with E-state index >= 15 is 0 Å². The maximum atomic E-state index is 14.0. The van der Waals surface area contributed by atoms with E-state index in [9.17, 15) is 23.7 Å². The van der Waals surface area contributed by atoms with Crippen molar-refractivity contribution in [2.75, 3.05) is 0 Å². The summed E-state index contributed by atoms with van der Waals surface area (Å²) in [7, 11) is 0. The van der Waals surface area contributed by atoms with Gasteiger partial charge in [0, 0.05) is 32.7 Å². The van der Waals surface area contributed by atoms with Gasteiger partial charge in [-0.2, -0.15) is 33.7 Å². The summed E-state index contributed by atoms with van der Waals surface area (Å²) in [6, 6.07) is 43.9. The van der Waals surface area contributed by atoms with Crippen LogP contribution in [0.5, 0.6) is 0 Å². The van der Waals surface area contributed by atoms with E-state index in [1.165, 1.54) is 0 Å². The van der Waals surface area contributed by atoms with Crippen molar-refractivity contribution in [1.29, 1.82) is 10.5 Å². The van der Waals surface area contributed by atoms with Gasteiger partial charge >= 0.3 is 6.18 Å². The molecule has 0 aliphatic heterocycles. The van der Waals surface area contributed by atoms with Gasteiger partial charge in [-0.15, -0.1) is 0 Å². The lowest BCUT2D eigenvalue weighted by atomic mass is 10.0. The van der Waals surface area contributed by atoms with Gasteiger partial charge in [-0.05, 0) is 30.3 Å². The first kappa shape index (κ1) is 30.7. The zero-order valence-corrected chi connectivity index (χ0v) is 27.0. The van der Waals surface area contributed by atoms with Crippen molar-refractivity contribution in [3.63, 3.8) is 0 Å². The molecule has 0 aliphatic carbocycles. The highest BCUT2D eigenvalue weighted by molar-refractivity contribution is 6.26. The van der Waals surface area contributed by atoms with Crippen molar-refractivity contribution in [2.24, 2.45) is 0 Å². The molecule has 0 atom stereocenters. The van der Waals surface area contributed by atoms with E-state index in [2.05, 4.69) is 0 Å². The Labute approximate surface area is 293 Å². The minimum atomic E-state index is -4.75. The van der Waals surface area contributed by atoms with Crippen LogP contribution in [0.25, 0.3) is 78.0 Å². The van der Waals surface area contributed by atoms with Gasteiger partial charge in [0.1, 0.15) is 12.1 Å². The molecule has 246 valence electrons. The van der Waals surface area contributed by atoms with Crippen molar-refractivity contribution in [3.8, 4) is 46.5 Å². The Balaban J connectivity index is 1.44. The quantitative estimate of drug-likeness (QED) is 0.184. The second-order valence-corrected chi connectivity index (χ2v) is 12.2. The molecule has 0 radical (unpaired) electrons. The highest BCUT2D eigenvalue weighted by Gasteiger charge is 2.33. The van der Waals surface area contributed by atoms with E-state index in [-0.39, 0.29) is 16.8 Å². The monoisotopic (exact) mass is 681 g/mol. The predicted molar refractivity (Wildman–Crippen MR) is 194 cm³/mol. The van der Waals surface area contributed by atoms with Crippen LogP contribution in [0.3, 0.4) is 0 Å². The summed E-state index contributed by atoms with van der Waals surface area (Å²) in [6.45, 7) is 0. The Morgan fingerprint density at radius 2 is 1.04 bits per heavy atom. The van der Waals surface area contributed by atoms with Gasteiger partial charge < -0.3 is 4.57 Å². The molecule has 0 amide bonds. The van der Waals surface area contributed by atoms with Crippen LogP contribution in [0.2, 0.25) is 0 Å². The topological polar surface area (TPSA) is 96.1 Å². The molecule has 3 aromatic heterocycles. The molecular weight excluding hydrogens is 660 g/mol. The average Bonchev–Trinajstić information content (AvgIpc) is 3.70. The highest BCUT2D eigenvalue weighted by atomic mass is 19.4. The molecule has 9 aromatic rings. The van der Waals surface area contributed by atoms with Gasteiger partial charge in [0.25, 0.3) is 0 Å². The van der Waals surface area contributed by atoms with Crippen LogP contribution in [-0.4, -0.2) is 24.1 Å². The molecule has 9 rings (SSSR count). The van der Waals surface area contributed by atoms with Crippen LogP contribution in [0.1, 0.15) is 16.7 Å². The van der Waals surface area contributed by atoms with Gasteiger partial charge in [-0.25, -0.2) is 4.98 Å². The van der Waals surface area contributed by atoms with E-state index < -0.39 is 11.7 Å². The number of alkyl halides is 3. The van der Waals surface area contributed by atoms with E-state index in [1.807, 2.05) is 138 Å². The molecule has 0 aliphatic rings. The third-order valence-electron chi connectivity index (χ3n) is 9.26. The van der Waals surface area contributed by atoms with Gasteiger partial charge in [0.05, 0.1) is 44.4 Å². The highest BCUT2D eigenvalue weighted by Crippen LogP contribution is 2.43. The Morgan fingerprint density at radius 1 is 0.519 bits per heavy atom. The first-order valence-electron chi connectivity index (χ1n) is 16.2. The molecule has 6 aromatic carbocycles. The van der Waals surface area contributed by atoms with Crippen LogP contribution in [0, 0.1) is 22.7 Å². The lowest BCUT2D eigenvalue weighted by molar-refractivity contribution is -0.137. The number of halogens is 3. The summed E-state index contributed by atoms with van der Waals surface area (Å²) in [5.74, 6) is 1.33. The van der Waals surface area contributed by atoms with Crippen LogP contribution in [0.4, 0.5) is 13.2 Å². The lowest BCUT2D eigenvalue weighted by Crippen LogP contribution is -2.09. The molecule has 0 saturated carbocycles. The van der Waals surface area contributed by atoms with Crippen LogP contribution in [0.15, 0.2) is 133 Å². The predicted octanol–water partition coefficient (Wildman–Crippen LogP) is 10.2. The zero-order valence-electron chi connectivity index (χ0n) is 27.0. The number of hydrogen-bond acceptors (Lipinski definition) is 5. The molecule has 7 nitrogen and oxygen atoms in total. The second kappa shape index (κ2) is 11.7. The Bertz CT molecular complexity index is 2870. The molecule has 0 N–H and O–H groups in total. The maximum absolute atomic E-state index is 14.0. The summed E-state index contributed by atoms with van der Waals surface area (Å²) in [4.78, 5) is 14.9. The average molecular weight is 682 g/mol. The number of benzene rings is 6. The van der Waals surface area contributed by atoms with E-state index in [4.69, 9.17) is 15.0 Å². The molecular formula is C42H22F3N7. The fraction of sp³-hybridized carbons (Fsp3) is 0.0238. The standard InChI is InChI=1S/C42H22F3N7/c43-42(44,45)29-21-27(23-46)37(28(22-29)24-47)52-33-17-9-7-15-30(33)31-19-20-35-36(38(31)52)32-16-8-10-18-34(32)51(35)41-49-39(25-11-3-1-4-12-25)48-40(50-41)26-13-5-2-6-14-26/h1-22H. The molecule has 0 fully saturated rings. The Kier molecular flexibility index (Phi) is 6.89. The van der Waals surface area contributed by atoms with Gasteiger partial charge in [0.15, 0.2) is 11.6 Å². The Hall–Kier alpha value is -7.30. The largest absolute Gasteiger partial charge is 0.416 e. The van der Waals surface area contributed by atoms with Crippen LogP contribution < -0.4 is 0 Å². The van der Waals surface area contributed by atoms with Crippen molar-refractivity contribution in [3.05, 3.63) is 150 Å². The molecule has 0 saturated heterocycles. The number of fused-ring (bicyclic) bond motifs is 7. The molecule has 3 heterocycles. The number of rotatable bonds is 4. The third-order valence-corrected chi connectivity index (χ3v) is 9.26. The molecule has 0 unspecified atom stereocenters. The molecule has 0 spiro atoms. The maximum Gasteiger partial charge on any atom is 0.416 e. The molecule has 10 heteroatoms. The Morgan fingerprint density at radius 3 is 1.60 bits per heavy atom. The molecule has 52 heavy (non-hydrogen) atoms. The number of para-hydroxylation sites is 2. The fourth-order valence-electron chi connectivity index (χ4n) is 7.06. The van der Waals surface area contributed by atoms with Gasteiger partial charge in [0.2, 0.25) is 5.95 Å². The van der Waals surface area contributed by atoms with Gasteiger partial charge in [-0.1, -0.05) is 103 Å². The zero-order chi connectivity index (χ0) is 35.6. The van der Waals surface area contributed by atoms with Crippen molar-refractivity contribution in [2.45, 2.75) is 6.18 Å². The van der Waals surface area contributed by atoms with E-state index in [0.717, 1.165) is 50.3 Å². The summed E-state index contributed by atoms with van der Waals surface area (Å²) < 4.78 is 45.6. The number of nitrogens with zero attached hydrogens (tertiary/aromatic N) is 7. The minimum Gasteiger partial charge on any atom is -0.306 e. The first-order valence-corrected chi connectivity index (χ1v) is 16.2. The molecule has 0 bridgehead atoms. The summed E-state index contributed by atoms with van der Waals surface area (Å²) >= 11 is 0. The SMILES string of the molecule is N#Cc1cc(C(F)(F)F)cc(C#N)c1-n1c2ccccc2c2ccc3c(c4ccccc4n3-c3nc(-c4ccccc4)nc(-c4ccccc4)n3)c21. The summed E-state index contributed by atoms with van der Waals surface area (Å²) in [6.07, 6.45) is -4.75. The van der Waals surface area contributed by atoms with Crippen molar-refractivity contribution >= 4 is 43.6 Å². The van der Waals surface area contributed by atoms with Crippen molar-refractivity contribution in [1.82, 2.24) is 24.1 Å². The number of aromatic nitrogens is 5. The number of hydrogen-bond donors (Lipinski definition) is 0. The second-order valence-electron chi connectivity index (χ2n) is 12.2.